The number of hydrogen-bond donors (Lipinski definition) is 1. The van der Waals surface area contributed by atoms with E-state index in [1.165, 1.54) is 0 Å². The molecule has 0 aliphatic rings. The van der Waals surface area contributed by atoms with Gasteiger partial charge in [0, 0.05) is 25.0 Å². The van der Waals surface area contributed by atoms with Gasteiger partial charge in [-0.25, -0.2) is 4.98 Å². The molecule has 0 saturated heterocycles. The van der Waals surface area contributed by atoms with Crippen LogP contribution in [0.15, 0.2) is 46.9 Å². The van der Waals surface area contributed by atoms with E-state index >= 15 is 0 Å². The molecule has 1 N–H and O–H groups in total. The molecule has 4 rings (SSSR count). The number of rotatable bonds is 12. The van der Waals surface area contributed by atoms with Crippen LogP contribution in [0, 0.1) is 0 Å². The highest BCUT2D eigenvalue weighted by Crippen LogP contribution is 2.38. The molecule has 2 heterocycles. The predicted molar refractivity (Wildman–Crippen MR) is 139 cm³/mol. The molecule has 0 spiro atoms. The summed E-state index contributed by atoms with van der Waals surface area (Å²) in [7, 11) is 0. The predicted octanol–water partition coefficient (Wildman–Crippen LogP) is 5.61. The standard InChI is InChI=1S/C27H36N4O2/c1-5-30(6-2)16-15-28-25-21-11-9-10-12-23(21)29-26-22-19-20(13-14-24(22)33-27(25)26)32-18-17-31(7-3)8-4/h9-14,19H,5-8,15-18H2,1-4H3,(H,28,29). The lowest BCUT2D eigenvalue weighted by Gasteiger charge is -2.19. The summed E-state index contributed by atoms with van der Waals surface area (Å²) in [5, 5.41) is 5.72. The summed E-state index contributed by atoms with van der Waals surface area (Å²) in [5.41, 5.74) is 4.50. The number of ether oxygens (including phenoxy) is 1. The Kier molecular flexibility index (Phi) is 7.68. The Labute approximate surface area is 196 Å². The van der Waals surface area contributed by atoms with Crippen LogP contribution >= 0.6 is 0 Å². The molecule has 0 bridgehead atoms. The Morgan fingerprint density at radius 2 is 1.61 bits per heavy atom. The minimum atomic E-state index is 0.664. The van der Waals surface area contributed by atoms with Gasteiger partial charge in [0.1, 0.15) is 23.5 Å². The van der Waals surface area contributed by atoms with Gasteiger partial charge in [-0.1, -0.05) is 45.9 Å². The van der Waals surface area contributed by atoms with E-state index in [0.29, 0.717) is 6.61 Å². The van der Waals surface area contributed by atoms with Gasteiger partial charge < -0.3 is 24.3 Å². The van der Waals surface area contributed by atoms with Gasteiger partial charge in [0.15, 0.2) is 5.58 Å². The zero-order valence-electron chi connectivity index (χ0n) is 20.4. The van der Waals surface area contributed by atoms with Crippen molar-refractivity contribution in [1.29, 1.82) is 0 Å². The van der Waals surface area contributed by atoms with Crippen LogP contribution in [0.4, 0.5) is 5.69 Å². The van der Waals surface area contributed by atoms with E-state index in [1.54, 1.807) is 0 Å². The zero-order chi connectivity index (χ0) is 23.2. The van der Waals surface area contributed by atoms with Crippen molar-refractivity contribution in [3.05, 3.63) is 42.5 Å². The van der Waals surface area contributed by atoms with Crippen molar-refractivity contribution in [1.82, 2.24) is 14.8 Å². The molecule has 176 valence electrons. The Balaban J connectivity index is 1.67. The maximum atomic E-state index is 6.33. The van der Waals surface area contributed by atoms with E-state index in [1.807, 2.05) is 18.2 Å². The van der Waals surface area contributed by atoms with Crippen molar-refractivity contribution >= 4 is 38.7 Å². The first-order valence-electron chi connectivity index (χ1n) is 12.2. The number of nitrogens with one attached hydrogen (secondary N) is 1. The van der Waals surface area contributed by atoms with E-state index in [-0.39, 0.29) is 0 Å². The molecule has 0 unspecified atom stereocenters. The van der Waals surface area contributed by atoms with Gasteiger partial charge in [0.25, 0.3) is 0 Å². The van der Waals surface area contributed by atoms with Gasteiger partial charge in [0.2, 0.25) is 0 Å². The van der Waals surface area contributed by atoms with Crippen LogP contribution in [-0.4, -0.2) is 67.2 Å². The molecule has 0 atom stereocenters. The Morgan fingerprint density at radius 3 is 2.36 bits per heavy atom. The van der Waals surface area contributed by atoms with Crippen molar-refractivity contribution in [2.24, 2.45) is 0 Å². The van der Waals surface area contributed by atoms with Crippen LogP contribution < -0.4 is 10.1 Å². The second kappa shape index (κ2) is 10.9. The highest BCUT2D eigenvalue weighted by molar-refractivity contribution is 6.14. The van der Waals surface area contributed by atoms with E-state index in [0.717, 1.165) is 90.2 Å². The van der Waals surface area contributed by atoms with Gasteiger partial charge >= 0.3 is 0 Å². The SMILES string of the molecule is CCN(CC)CCNc1c2ccccc2nc2c1oc1ccc(OCCN(CC)CC)cc12. The molecule has 0 aliphatic carbocycles. The minimum Gasteiger partial charge on any atom is -0.492 e. The van der Waals surface area contributed by atoms with E-state index < -0.39 is 0 Å². The fourth-order valence-corrected chi connectivity index (χ4v) is 4.35. The highest BCUT2D eigenvalue weighted by atomic mass is 16.5. The molecule has 0 fully saturated rings. The Morgan fingerprint density at radius 1 is 0.879 bits per heavy atom. The molecule has 0 saturated carbocycles. The summed E-state index contributed by atoms with van der Waals surface area (Å²) < 4.78 is 12.4. The molecule has 6 heteroatoms. The summed E-state index contributed by atoms with van der Waals surface area (Å²) in [6.07, 6.45) is 0. The van der Waals surface area contributed by atoms with Crippen LogP contribution in [0.2, 0.25) is 0 Å². The highest BCUT2D eigenvalue weighted by Gasteiger charge is 2.17. The fourth-order valence-electron chi connectivity index (χ4n) is 4.35. The summed E-state index contributed by atoms with van der Waals surface area (Å²) in [5.74, 6) is 0.850. The third-order valence-corrected chi connectivity index (χ3v) is 6.46. The van der Waals surface area contributed by atoms with E-state index in [9.17, 15) is 0 Å². The number of para-hydroxylation sites is 1. The molecule has 2 aromatic heterocycles. The molecular formula is C27H36N4O2. The van der Waals surface area contributed by atoms with Crippen LogP contribution in [0.5, 0.6) is 5.75 Å². The number of aromatic nitrogens is 1. The number of hydrogen-bond acceptors (Lipinski definition) is 6. The number of benzene rings is 2. The van der Waals surface area contributed by atoms with Gasteiger partial charge in [-0.2, -0.15) is 0 Å². The van der Waals surface area contributed by atoms with Crippen LogP contribution in [0.25, 0.3) is 33.0 Å². The van der Waals surface area contributed by atoms with Gasteiger partial charge in [-0.05, 0) is 50.4 Å². The van der Waals surface area contributed by atoms with Crippen LogP contribution in [0.3, 0.4) is 0 Å². The van der Waals surface area contributed by atoms with Gasteiger partial charge in [0.05, 0.1) is 16.6 Å². The lowest BCUT2D eigenvalue weighted by atomic mass is 10.1. The van der Waals surface area contributed by atoms with Crippen LogP contribution in [0.1, 0.15) is 27.7 Å². The lowest BCUT2D eigenvalue weighted by Crippen LogP contribution is -2.28. The second-order valence-corrected chi connectivity index (χ2v) is 8.27. The molecule has 6 nitrogen and oxygen atoms in total. The largest absolute Gasteiger partial charge is 0.492 e. The number of fused-ring (bicyclic) bond motifs is 4. The third kappa shape index (κ3) is 5.07. The fraction of sp³-hybridized carbons (Fsp3) is 0.444. The average molecular weight is 449 g/mol. The monoisotopic (exact) mass is 448 g/mol. The maximum absolute atomic E-state index is 6.33. The molecule has 0 amide bonds. The molecular weight excluding hydrogens is 412 g/mol. The Bertz CT molecular complexity index is 1200. The summed E-state index contributed by atoms with van der Waals surface area (Å²) in [4.78, 5) is 9.74. The number of likely N-dealkylation sites (N-methyl/N-ethyl adjacent to an activating group) is 2. The molecule has 2 aromatic carbocycles. The molecule has 0 radical (unpaired) electrons. The maximum Gasteiger partial charge on any atom is 0.177 e. The van der Waals surface area contributed by atoms with Crippen molar-refractivity contribution in [3.63, 3.8) is 0 Å². The quantitative estimate of drug-likeness (QED) is 0.304. The lowest BCUT2D eigenvalue weighted by molar-refractivity contribution is 0.223. The van der Waals surface area contributed by atoms with Gasteiger partial charge in [-0.3, -0.25) is 0 Å². The van der Waals surface area contributed by atoms with E-state index in [2.05, 4.69) is 67.1 Å². The first kappa shape index (κ1) is 23.3. The van der Waals surface area contributed by atoms with Gasteiger partial charge in [-0.15, -0.1) is 0 Å². The van der Waals surface area contributed by atoms with Crippen molar-refractivity contribution in [2.75, 3.05) is 57.7 Å². The normalized spacial score (nSPS) is 11.9. The topological polar surface area (TPSA) is 53.8 Å². The minimum absolute atomic E-state index is 0.664. The third-order valence-electron chi connectivity index (χ3n) is 6.46. The van der Waals surface area contributed by atoms with Crippen molar-refractivity contribution in [3.8, 4) is 5.75 Å². The molecule has 33 heavy (non-hydrogen) atoms. The Hall–Kier alpha value is -2.83. The van der Waals surface area contributed by atoms with E-state index in [4.69, 9.17) is 14.1 Å². The second-order valence-electron chi connectivity index (χ2n) is 8.27. The smallest absolute Gasteiger partial charge is 0.177 e. The summed E-state index contributed by atoms with van der Waals surface area (Å²) in [6.45, 7) is 16.3. The average Bonchev–Trinajstić information content (AvgIpc) is 3.21. The number of pyridine rings is 1. The first-order valence-corrected chi connectivity index (χ1v) is 12.2. The van der Waals surface area contributed by atoms with Crippen LogP contribution in [-0.2, 0) is 0 Å². The zero-order valence-corrected chi connectivity index (χ0v) is 20.4. The summed E-state index contributed by atoms with van der Waals surface area (Å²) in [6, 6.07) is 14.3. The molecule has 4 aromatic rings. The summed E-state index contributed by atoms with van der Waals surface area (Å²) >= 11 is 0. The number of nitrogens with zero attached hydrogens (tertiary/aromatic N) is 3. The van der Waals surface area contributed by atoms with Crippen molar-refractivity contribution < 1.29 is 9.15 Å². The number of anilines is 1. The number of furan rings is 1. The van der Waals surface area contributed by atoms with Crippen molar-refractivity contribution in [2.45, 2.75) is 27.7 Å². The molecule has 0 aliphatic heterocycles. The first-order chi connectivity index (χ1) is 16.2.